The zero-order valence-corrected chi connectivity index (χ0v) is 18.9. The number of thioether (sulfide) groups is 1. The van der Waals surface area contributed by atoms with Gasteiger partial charge in [-0.3, -0.25) is 9.59 Å². The molecule has 2 aromatic rings. The molecule has 0 bridgehead atoms. The summed E-state index contributed by atoms with van der Waals surface area (Å²) in [7, 11) is 2.07. The van der Waals surface area contributed by atoms with Crippen LogP contribution >= 0.6 is 23.4 Å². The first kappa shape index (κ1) is 21.0. The first-order chi connectivity index (χ1) is 14.3. The third-order valence-corrected chi connectivity index (χ3v) is 6.67. The molecule has 1 saturated heterocycles. The number of rotatable bonds is 4. The molecule has 0 radical (unpaired) electrons. The molecule has 0 spiro atoms. The maximum absolute atomic E-state index is 13.5. The average molecular weight is 442 g/mol. The van der Waals surface area contributed by atoms with Crippen LogP contribution in [-0.2, 0) is 9.59 Å². The summed E-state index contributed by atoms with van der Waals surface area (Å²) in [5.41, 5.74) is 3.17. The molecule has 0 aliphatic carbocycles. The maximum Gasteiger partial charge on any atom is 0.283 e. The lowest BCUT2D eigenvalue weighted by Gasteiger charge is -2.34. The molecule has 1 fully saturated rings. The van der Waals surface area contributed by atoms with Crippen LogP contribution in [0.5, 0.6) is 0 Å². The zero-order chi connectivity index (χ0) is 21.4. The summed E-state index contributed by atoms with van der Waals surface area (Å²) in [4.78, 5) is 34.0. The van der Waals surface area contributed by atoms with Crippen LogP contribution < -0.4 is 4.90 Å². The Labute approximate surface area is 186 Å². The van der Waals surface area contributed by atoms with Crippen molar-refractivity contribution in [1.29, 1.82) is 0 Å². The predicted octanol–water partition coefficient (Wildman–Crippen LogP) is 4.08. The van der Waals surface area contributed by atoms with Gasteiger partial charge in [-0.15, -0.1) is 0 Å². The number of hydrogen-bond donors (Lipinski definition) is 0. The van der Waals surface area contributed by atoms with Crippen LogP contribution in [0.1, 0.15) is 11.1 Å². The number of carbonyl (C=O) groups is 2. The molecule has 2 aliphatic rings. The van der Waals surface area contributed by atoms with E-state index < -0.39 is 0 Å². The minimum absolute atomic E-state index is 0.244. The SMILES string of the molecule is Cc1cc(C)cc(N2C(=O)C(Sc3ccc(Cl)cc3)=C(N3CCN(C)CC3)C2=O)c1. The van der Waals surface area contributed by atoms with Gasteiger partial charge >= 0.3 is 0 Å². The fourth-order valence-electron chi connectivity index (χ4n) is 3.83. The van der Waals surface area contributed by atoms with Gasteiger partial charge in [0.05, 0.1) is 5.69 Å². The highest BCUT2D eigenvalue weighted by atomic mass is 35.5. The molecule has 0 N–H and O–H groups in total. The lowest BCUT2D eigenvalue weighted by atomic mass is 10.1. The molecular weight excluding hydrogens is 418 g/mol. The van der Waals surface area contributed by atoms with Gasteiger partial charge < -0.3 is 9.80 Å². The molecule has 7 heteroatoms. The lowest BCUT2D eigenvalue weighted by Crippen LogP contribution is -2.46. The molecule has 0 unspecified atom stereocenters. The number of nitrogens with zero attached hydrogens (tertiary/aromatic N) is 3. The smallest absolute Gasteiger partial charge is 0.283 e. The predicted molar refractivity (Wildman–Crippen MR) is 122 cm³/mol. The number of hydrogen-bond acceptors (Lipinski definition) is 5. The highest BCUT2D eigenvalue weighted by Crippen LogP contribution is 2.39. The molecule has 30 heavy (non-hydrogen) atoms. The number of imide groups is 1. The van der Waals surface area contributed by atoms with Gasteiger partial charge in [0.15, 0.2) is 0 Å². The van der Waals surface area contributed by atoms with Crippen molar-refractivity contribution in [2.45, 2.75) is 18.7 Å². The molecule has 0 atom stereocenters. The van der Waals surface area contributed by atoms with E-state index >= 15 is 0 Å². The number of carbonyl (C=O) groups excluding carboxylic acids is 2. The van der Waals surface area contributed by atoms with Gasteiger partial charge in [0.1, 0.15) is 10.6 Å². The number of anilines is 1. The van der Waals surface area contributed by atoms with Crippen LogP contribution in [0.25, 0.3) is 0 Å². The van der Waals surface area contributed by atoms with Crippen LogP contribution in [0.15, 0.2) is 58.0 Å². The van der Waals surface area contributed by atoms with Crippen LogP contribution in [0.3, 0.4) is 0 Å². The second-order valence-electron chi connectivity index (χ2n) is 7.82. The molecule has 2 heterocycles. The standard InChI is InChI=1S/C23H24ClN3O2S/c1-15-12-16(2)14-18(13-15)27-22(28)20(26-10-8-25(3)9-11-26)21(23(27)29)30-19-6-4-17(24)5-7-19/h4-7,12-14H,8-11H2,1-3H3. The number of benzene rings is 2. The number of piperazine rings is 1. The fourth-order valence-corrected chi connectivity index (χ4v) is 4.96. The molecule has 2 amide bonds. The second kappa shape index (κ2) is 8.46. The Balaban J connectivity index is 1.74. The van der Waals surface area contributed by atoms with Crippen LogP contribution in [0.4, 0.5) is 5.69 Å². The fraction of sp³-hybridized carbons (Fsp3) is 0.304. The summed E-state index contributed by atoms with van der Waals surface area (Å²) in [6.07, 6.45) is 0. The summed E-state index contributed by atoms with van der Waals surface area (Å²) in [5.74, 6) is -0.509. The van der Waals surface area contributed by atoms with Gasteiger partial charge in [-0.05, 0) is 68.4 Å². The quantitative estimate of drug-likeness (QED) is 0.669. The number of amides is 2. The van der Waals surface area contributed by atoms with E-state index in [1.807, 2.05) is 44.2 Å². The molecule has 0 saturated carbocycles. The number of halogens is 1. The Morgan fingerprint density at radius 1 is 0.867 bits per heavy atom. The van der Waals surface area contributed by atoms with Gasteiger partial charge in [-0.2, -0.15) is 0 Å². The summed E-state index contributed by atoms with van der Waals surface area (Å²) in [6.45, 7) is 7.09. The molecule has 2 aliphatic heterocycles. The monoisotopic (exact) mass is 441 g/mol. The largest absolute Gasteiger partial charge is 0.363 e. The molecule has 5 nitrogen and oxygen atoms in total. The van der Waals surface area contributed by atoms with E-state index in [2.05, 4.69) is 16.8 Å². The molecule has 156 valence electrons. The van der Waals surface area contributed by atoms with Gasteiger partial charge in [0.25, 0.3) is 11.8 Å². The normalized spacial score (nSPS) is 18.0. The number of likely N-dealkylation sites (N-methyl/N-ethyl adjacent to an activating group) is 1. The first-order valence-corrected chi connectivity index (χ1v) is 11.1. The lowest BCUT2D eigenvalue weighted by molar-refractivity contribution is -0.121. The molecular formula is C23H24ClN3O2S. The van der Waals surface area contributed by atoms with E-state index in [4.69, 9.17) is 11.6 Å². The Bertz CT molecular complexity index is 1010. The molecule has 4 rings (SSSR count). The summed E-state index contributed by atoms with van der Waals surface area (Å²) in [5, 5.41) is 0.637. The molecule has 0 aromatic heterocycles. The van der Waals surface area contributed by atoms with E-state index in [0.717, 1.165) is 42.2 Å². The summed E-state index contributed by atoms with van der Waals surface area (Å²) >= 11 is 7.35. The second-order valence-corrected chi connectivity index (χ2v) is 9.34. The first-order valence-electron chi connectivity index (χ1n) is 9.92. The van der Waals surface area contributed by atoms with Crippen molar-refractivity contribution < 1.29 is 9.59 Å². The van der Waals surface area contributed by atoms with E-state index in [0.29, 0.717) is 21.3 Å². The third kappa shape index (κ3) is 4.13. The van der Waals surface area contributed by atoms with Gasteiger partial charge in [0, 0.05) is 36.1 Å². The Hall–Kier alpha value is -2.28. The molecule has 2 aromatic carbocycles. The van der Waals surface area contributed by atoms with Crippen LogP contribution in [0, 0.1) is 13.8 Å². The van der Waals surface area contributed by atoms with Crippen molar-refractivity contribution in [2.75, 3.05) is 38.1 Å². The highest BCUT2D eigenvalue weighted by molar-refractivity contribution is 8.04. The van der Waals surface area contributed by atoms with E-state index in [1.165, 1.54) is 16.7 Å². The maximum atomic E-state index is 13.5. The average Bonchev–Trinajstić information content (AvgIpc) is 2.93. The van der Waals surface area contributed by atoms with E-state index in [1.54, 1.807) is 12.1 Å². The Kier molecular flexibility index (Phi) is 5.91. The van der Waals surface area contributed by atoms with Crippen molar-refractivity contribution in [3.63, 3.8) is 0 Å². The third-order valence-electron chi connectivity index (χ3n) is 5.34. The minimum atomic E-state index is -0.265. The van der Waals surface area contributed by atoms with Gasteiger partial charge in [-0.1, -0.05) is 29.4 Å². The van der Waals surface area contributed by atoms with Crippen molar-refractivity contribution in [3.05, 3.63) is 69.2 Å². The minimum Gasteiger partial charge on any atom is -0.363 e. The van der Waals surface area contributed by atoms with Crippen LogP contribution in [-0.4, -0.2) is 54.8 Å². The Morgan fingerprint density at radius 3 is 2.07 bits per heavy atom. The van der Waals surface area contributed by atoms with Crippen molar-refractivity contribution in [3.8, 4) is 0 Å². The van der Waals surface area contributed by atoms with Crippen molar-refractivity contribution in [2.24, 2.45) is 0 Å². The van der Waals surface area contributed by atoms with Gasteiger partial charge in [-0.25, -0.2) is 4.90 Å². The number of aryl methyl sites for hydroxylation is 2. The zero-order valence-electron chi connectivity index (χ0n) is 17.3. The van der Waals surface area contributed by atoms with E-state index in [-0.39, 0.29) is 11.8 Å². The Morgan fingerprint density at radius 2 is 1.47 bits per heavy atom. The summed E-state index contributed by atoms with van der Waals surface area (Å²) in [6, 6.07) is 13.1. The van der Waals surface area contributed by atoms with Crippen molar-refractivity contribution in [1.82, 2.24) is 9.80 Å². The highest BCUT2D eigenvalue weighted by Gasteiger charge is 2.43. The summed E-state index contributed by atoms with van der Waals surface area (Å²) < 4.78 is 0. The van der Waals surface area contributed by atoms with Crippen molar-refractivity contribution >= 4 is 40.9 Å². The van der Waals surface area contributed by atoms with Gasteiger partial charge in [0.2, 0.25) is 0 Å². The van der Waals surface area contributed by atoms with E-state index in [9.17, 15) is 9.59 Å². The van der Waals surface area contributed by atoms with Crippen LogP contribution in [0.2, 0.25) is 5.02 Å². The topological polar surface area (TPSA) is 43.9 Å².